The number of esters is 1. The minimum Gasteiger partial charge on any atom is -0.467 e. The van der Waals surface area contributed by atoms with E-state index in [-0.39, 0.29) is 5.92 Å². The number of hydrogen-bond acceptors (Lipinski definition) is 5. The lowest BCUT2D eigenvalue weighted by atomic mass is 9.88. The van der Waals surface area contributed by atoms with Gasteiger partial charge in [0.15, 0.2) is 6.04 Å². The van der Waals surface area contributed by atoms with Gasteiger partial charge in [0.2, 0.25) is 0 Å². The first-order chi connectivity index (χ1) is 10.3. The highest BCUT2D eigenvalue weighted by Gasteiger charge is 2.56. The predicted molar refractivity (Wildman–Crippen MR) is 86.8 cm³/mol. The van der Waals surface area contributed by atoms with E-state index in [4.69, 9.17) is 14.2 Å². The molecule has 0 unspecified atom stereocenters. The molecule has 0 aromatic carbocycles. The van der Waals surface area contributed by atoms with Gasteiger partial charge in [-0.25, -0.2) is 9.59 Å². The minimum atomic E-state index is -0.949. The fraction of sp³-hybridized carbons (Fsp3) is 0.882. The molecule has 1 aliphatic heterocycles. The average molecular weight is 329 g/mol. The summed E-state index contributed by atoms with van der Waals surface area (Å²) in [7, 11) is 1.32. The lowest BCUT2D eigenvalue weighted by molar-refractivity contribution is -0.147. The van der Waals surface area contributed by atoms with E-state index in [0.717, 1.165) is 0 Å². The van der Waals surface area contributed by atoms with Crippen LogP contribution in [0.25, 0.3) is 0 Å². The lowest BCUT2D eigenvalue weighted by Crippen LogP contribution is -2.54. The van der Waals surface area contributed by atoms with Gasteiger partial charge in [-0.2, -0.15) is 0 Å². The Labute approximate surface area is 139 Å². The minimum absolute atomic E-state index is 0.0748. The molecule has 6 nitrogen and oxygen atoms in total. The number of amides is 1. The molecule has 1 aliphatic rings. The Morgan fingerprint density at radius 3 is 2.09 bits per heavy atom. The molecule has 6 heteroatoms. The summed E-state index contributed by atoms with van der Waals surface area (Å²) < 4.78 is 16.5. The first kappa shape index (κ1) is 19.7. The number of carbonyl (C=O) groups is 2. The first-order valence-electron chi connectivity index (χ1n) is 8.09. The van der Waals surface area contributed by atoms with Gasteiger partial charge >= 0.3 is 12.1 Å². The van der Waals surface area contributed by atoms with Gasteiger partial charge in [0, 0.05) is 0 Å². The Morgan fingerprint density at radius 1 is 1.17 bits per heavy atom. The molecule has 0 aromatic rings. The molecule has 0 N–H and O–H groups in total. The van der Waals surface area contributed by atoms with Crippen LogP contribution in [-0.2, 0) is 19.0 Å². The largest absolute Gasteiger partial charge is 0.467 e. The van der Waals surface area contributed by atoms with Crippen molar-refractivity contribution in [2.75, 3.05) is 7.11 Å². The monoisotopic (exact) mass is 329 g/mol. The summed E-state index contributed by atoms with van der Waals surface area (Å²) in [6.45, 7) is 15.0. The van der Waals surface area contributed by atoms with E-state index in [0.29, 0.717) is 5.92 Å². The average Bonchev–Trinajstić information content (AvgIpc) is 2.66. The van der Waals surface area contributed by atoms with Crippen molar-refractivity contribution >= 4 is 12.1 Å². The molecule has 1 saturated heterocycles. The molecular weight excluding hydrogens is 298 g/mol. The van der Waals surface area contributed by atoms with E-state index >= 15 is 0 Å². The van der Waals surface area contributed by atoms with Crippen molar-refractivity contribution in [2.24, 2.45) is 11.8 Å². The molecule has 3 atom stereocenters. The van der Waals surface area contributed by atoms with E-state index in [1.54, 1.807) is 34.6 Å². The van der Waals surface area contributed by atoms with Crippen LogP contribution in [0.3, 0.4) is 0 Å². The molecule has 1 rings (SSSR count). The Bertz CT molecular complexity index is 452. The second-order valence-electron chi connectivity index (χ2n) is 7.95. The van der Waals surface area contributed by atoms with Gasteiger partial charge in [0.1, 0.15) is 11.3 Å². The van der Waals surface area contributed by atoms with Crippen LogP contribution in [0.4, 0.5) is 4.79 Å². The van der Waals surface area contributed by atoms with E-state index < -0.39 is 35.5 Å². The fourth-order valence-electron chi connectivity index (χ4n) is 2.72. The highest BCUT2D eigenvalue weighted by atomic mass is 16.6. The summed E-state index contributed by atoms with van der Waals surface area (Å²) in [6.07, 6.45) is -1.01. The number of ether oxygens (including phenoxy) is 3. The smallest absolute Gasteiger partial charge is 0.413 e. The number of nitrogens with zero attached hydrogens (tertiary/aromatic N) is 1. The molecule has 1 heterocycles. The third-order valence-electron chi connectivity index (χ3n) is 4.20. The van der Waals surface area contributed by atoms with Gasteiger partial charge in [0.05, 0.1) is 13.2 Å². The van der Waals surface area contributed by atoms with Gasteiger partial charge in [-0.1, -0.05) is 20.8 Å². The van der Waals surface area contributed by atoms with E-state index in [2.05, 4.69) is 13.8 Å². The van der Waals surface area contributed by atoms with Crippen molar-refractivity contribution in [3.8, 4) is 0 Å². The first-order valence-corrected chi connectivity index (χ1v) is 8.09. The highest BCUT2D eigenvalue weighted by Crippen LogP contribution is 2.39. The molecule has 134 valence electrons. The van der Waals surface area contributed by atoms with Crippen molar-refractivity contribution < 1.29 is 23.8 Å². The molecule has 0 bridgehead atoms. The number of rotatable bonds is 3. The maximum absolute atomic E-state index is 12.7. The summed E-state index contributed by atoms with van der Waals surface area (Å²) in [5.74, 6) is -0.119. The number of methoxy groups -OCH3 is 1. The Morgan fingerprint density at radius 2 is 1.70 bits per heavy atom. The molecular formula is C17H31NO5. The van der Waals surface area contributed by atoms with Crippen LogP contribution in [0, 0.1) is 11.8 Å². The summed E-state index contributed by atoms with van der Waals surface area (Å²) >= 11 is 0. The van der Waals surface area contributed by atoms with Crippen molar-refractivity contribution in [3.63, 3.8) is 0 Å². The van der Waals surface area contributed by atoms with Crippen LogP contribution in [0.15, 0.2) is 0 Å². The van der Waals surface area contributed by atoms with Gasteiger partial charge in [0.25, 0.3) is 0 Å². The second-order valence-corrected chi connectivity index (χ2v) is 7.95. The van der Waals surface area contributed by atoms with Gasteiger partial charge in [-0.05, 0) is 46.5 Å². The molecule has 0 spiro atoms. The van der Waals surface area contributed by atoms with E-state index in [9.17, 15) is 9.59 Å². The van der Waals surface area contributed by atoms with Crippen LogP contribution < -0.4 is 0 Å². The lowest BCUT2D eigenvalue weighted by Gasteiger charge is -2.34. The molecule has 1 amide bonds. The Hall–Kier alpha value is -1.30. The molecule has 0 aromatic heterocycles. The highest BCUT2D eigenvalue weighted by molar-refractivity contribution is 5.83. The summed E-state index contributed by atoms with van der Waals surface area (Å²) in [4.78, 5) is 26.4. The number of hydrogen-bond donors (Lipinski definition) is 0. The summed E-state index contributed by atoms with van der Waals surface area (Å²) in [6, 6.07) is -0.817. The summed E-state index contributed by atoms with van der Waals surface area (Å²) in [5, 5.41) is 0. The molecule has 1 fully saturated rings. The number of carbonyl (C=O) groups excluding carboxylic acids is 2. The van der Waals surface area contributed by atoms with Crippen LogP contribution >= 0.6 is 0 Å². The van der Waals surface area contributed by atoms with Gasteiger partial charge in [-0.15, -0.1) is 0 Å². The van der Waals surface area contributed by atoms with Crippen molar-refractivity contribution in [1.29, 1.82) is 0 Å². The second kappa shape index (κ2) is 6.67. The molecule has 0 aliphatic carbocycles. The van der Waals surface area contributed by atoms with Crippen LogP contribution in [0.2, 0.25) is 0 Å². The fourth-order valence-corrected chi connectivity index (χ4v) is 2.72. The van der Waals surface area contributed by atoms with Crippen molar-refractivity contribution in [3.05, 3.63) is 0 Å². The van der Waals surface area contributed by atoms with Gasteiger partial charge < -0.3 is 14.2 Å². The van der Waals surface area contributed by atoms with E-state index in [1.165, 1.54) is 12.0 Å². The Kier molecular flexibility index (Phi) is 5.73. The zero-order valence-corrected chi connectivity index (χ0v) is 15.8. The maximum Gasteiger partial charge on any atom is 0.413 e. The van der Waals surface area contributed by atoms with Crippen molar-refractivity contribution in [2.45, 2.75) is 78.9 Å². The van der Waals surface area contributed by atoms with Crippen LogP contribution in [0.1, 0.15) is 55.4 Å². The molecule has 23 heavy (non-hydrogen) atoms. The SMILES string of the molecule is COC(=O)[C@H]1[C@@H]([C@H](C)C(C)C)OC(C)(C)N1C(=O)OC(C)(C)C. The Balaban J connectivity index is 3.23. The molecule has 0 radical (unpaired) electrons. The molecule has 0 saturated carbocycles. The van der Waals surface area contributed by atoms with Gasteiger partial charge in [-0.3, -0.25) is 4.90 Å². The predicted octanol–water partition coefficient (Wildman–Crippen LogP) is 3.19. The van der Waals surface area contributed by atoms with Crippen LogP contribution in [-0.4, -0.2) is 47.5 Å². The third kappa shape index (κ3) is 4.37. The normalized spacial score (nSPS) is 25.4. The standard InChI is InChI=1S/C17H31NO5/c1-10(2)11(3)13-12(14(19)21-9)18(17(7,8)22-13)15(20)23-16(4,5)6/h10-13H,1-9H3/t11-,12-,13-/m1/s1. The zero-order chi connectivity index (χ0) is 18.2. The third-order valence-corrected chi connectivity index (χ3v) is 4.20. The van der Waals surface area contributed by atoms with Crippen molar-refractivity contribution in [1.82, 2.24) is 4.90 Å². The van der Waals surface area contributed by atoms with E-state index in [1.807, 2.05) is 6.92 Å². The zero-order valence-electron chi connectivity index (χ0n) is 15.8. The quantitative estimate of drug-likeness (QED) is 0.744. The summed E-state index contributed by atoms with van der Waals surface area (Å²) in [5.41, 5.74) is -1.61. The van der Waals surface area contributed by atoms with Crippen LogP contribution in [0.5, 0.6) is 0 Å². The topological polar surface area (TPSA) is 65.1 Å². The maximum atomic E-state index is 12.7.